The van der Waals surface area contributed by atoms with Gasteiger partial charge in [0.15, 0.2) is 16.9 Å². The summed E-state index contributed by atoms with van der Waals surface area (Å²) in [7, 11) is 2.87. The highest BCUT2D eigenvalue weighted by atomic mass is 16.2. The topological polar surface area (TPSA) is 105 Å². The first-order valence-corrected chi connectivity index (χ1v) is 6.91. The number of Topliss-reactive ketones (excluding diaryl/α,β-unsaturated/α-hetero) is 1. The molecule has 0 bridgehead atoms. The van der Waals surface area contributed by atoms with Gasteiger partial charge in [-0.3, -0.25) is 23.3 Å². The average Bonchev–Trinajstić information content (AvgIpc) is 2.88. The van der Waals surface area contributed by atoms with Gasteiger partial charge in [0, 0.05) is 19.7 Å². The van der Waals surface area contributed by atoms with Crippen molar-refractivity contribution in [2.45, 2.75) is 6.54 Å². The molecule has 2 aromatic heterocycles. The molecule has 2 heterocycles. The van der Waals surface area contributed by atoms with E-state index >= 15 is 0 Å². The van der Waals surface area contributed by atoms with Gasteiger partial charge in [-0.25, -0.2) is 4.79 Å². The number of fused-ring (bicyclic) bond motifs is 1. The first-order chi connectivity index (χ1) is 10.9. The highest BCUT2D eigenvalue weighted by Crippen LogP contribution is 2.14. The lowest BCUT2D eigenvalue weighted by Crippen LogP contribution is -2.37. The Bertz CT molecular complexity index is 1030. The van der Waals surface area contributed by atoms with E-state index in [0.29, 0.717) is 5.56 Å². The van der Waals surface area contributed by atoms with Crippen molar-refractivity contribution in [3.63, 3.8) is 0 Å². The van der Waals surface area contributed by atoms with Gasteiger partial charge >= 0.3 is 5.69 Å². The molecule has 2 N–H and O–H groups in total. The molecule has 0 unspecified atom stereocenters. The van der Waals surface area contributed by atoms with E-state index in [1.807, 2.05) is 6.07 Å². The van der Waals surface area contributed by atoms with Gasteiger partial charge in [0.25, 0.3) is 5.56 Å². The van der Waals surface area contributed by atoms with Gasteiger partial charge in [-0.2, -0.15) is 4.98 Å². The molecule has 23 heavy (non-hydrogen) atoms. The second-order valence-corrected chi connectivity index (χ2v) is 5.22. The normalized spacial score (nSPS) is 11.0. The lowest BCUT2D eigenvalue weighted by molar-refractivity contribution is 0.0974. The van der Waals surface area contributed by atoms with E-state index in [0.717, 1.165) is 4.57 Å². The lowest BCUT2D eigenvalue weighted by Gasteiger charge is -2.07. The molecule has 1 aromatic carbocycles. The number of rotatable bonds is 3. The van der Waals surface area contributed by atoms with Gasteiger partial charge in [0.05, 0.1) is 6.54 Å². The van der Waals surface area contributed by atoms with Crippen LogP contribution in [0.15, 0.2) is 39.9 Å². The van der Waals surface area contributed by atoms with Crippen molar-refractivity contribution in [2.75, 3.05) is 5.73 Å². The molecule has 0 aliphatic heterocycles. The summed E-state index contributed by atoms with van der Waals surface area (Å²) in [5, 5.41) is 0. The maximum Gasteiger partial charge on any atom is 0.332 e. The zero-order valence-corrected chi connectivity index (χ0v) is 12.7. The Balaban J connectivity index is 2.19. The number of carbonyl (C=O) groups excluding carboxylic acids is 1. The first kappa shape index (κ1) is 14.8. The van der Waals surface area contributed by atoms with Gasteiger partial charge in [0.2, 0.25) is 5.95 Å². The number of nitrogen functional groups attached to an aromatic ring is 1. The van der Waals surface area contributed by atoms with Gasteiger partial charge < -0.3 is 5.73 Å². The number of aryl methyl sites for hydroxylation is 1. The molecule has 3 rings (SSSR count). The van der Waals surface area contributed by atoms with Crippen LogP contribution in [0.3, 0.4) is 0 Å². The Morgan fingerprint density at radius 3 is 2.43 bits per heavy atom. The van der Waals surface area contributed by atoms with Crippen LogP contribution in [0.25, 0.3) is 11.2 Å². The van der Waals surface area contributed by atoms with Crippen LogP contribution in [0.4, 0.5) is 5.95 Å². The van der Waals surface area contributed by atoms with Crippen LogP contribution in [0.5, 0.6) is 0 Å². The fourth-order valence-electron chi connectivity index (χ4n) is 2.48. The Morgan fingerprint density at radius 2 is 1.78 bits per heavy atom. The van der Waals surface area contributed by atoms with E-state index in [9.17, 15) is 14.4 Å². The maximum absolute atomic E-state index is 12.4. The zero-order chi connectivity index (χ0) is 16.7. The minimum atomic E-state index is -0.534. The summed E-state index contributed by atoms with van der Waals surface area (Å²) in [4.78, 5) is 40.7. The fraction of sp³-hybridized carbons (Fsp3) is 0.200. The molecule has 0 saturated heterocycles. The summed E-state index contributed by atoms with van der Waals surface area (Å²) in [6.45, 7) is -0.125. The van der Waals surface area contributed by atoms with Crippen LogP contribution in [0, 0.1) is 0 Å². The van der Waals surface area contributed by atoms with Crippen molar-refractivity contribution in [3.8, 4) is 0 Å². The second-order valence-electron chi connectivity index (χ2n) is 5.22. The molecular formula is C15H15N5O3. The number of benzene rings is 1. The van der Waals surface area contributed by atoms with Crippen LogP contribution in [0.1, 0.15) is 10.4 Å². The third-order valence-corrected chi connectivity index (χ3v) is 3.77. The molecule has 0 aliphatic rings. The number of nitrogens with two attached hydrogens (primary N) is 1. The molecular weight excluding hydrogens is 298 g/mol. The predicted molar refractivity (Wildman–Crippen MR) is 85.4 cm³/mol. The van der Waals surface area contributed by atoms with Crippen molar-refractivity contribution in [2.24, 2.45) is 14.1 Å². The summed E-state index contributed by atoms with van der Waals surface area (Å²) in [5.74, 6) is -0.185. The van der Waals surface area contributed by atoms with E-state index in [4.69, 9.17) is 5.73 Å². The number of ketones is 1. The Labute approximate surface area is 130 Å². The van der Waals surface area contributed by atoms with Crippen molar-refractivity contribution in [1.82, 2.24) is 18.7 Å². The average molecular weight is 313 g/mol. The summed E-state index contributed by atoms with van der Waals surface area (Å²) in [6.07, 6.45) is 0. The van der Waals surface area contributed by atoms with E-state index in [1.165, 1.54) is 23.2 Å². The monoisotopic (exact) mass is 313 g/mol. The molecule has 0 atom stereocenters. The number of nitrogens with zero attached hydrogens (tertiary/aromatic N) is 4. The molecule has 8 heteroatoms. The highest BCUT2D eigenvalue weighted by molar-refractivity contribution is 5.96. The number of hydrogen-bond donors (Lipinski definition) is 1. The smallest absolute Gasteiger partial charge is 0.332 e. The Morgan fingerprint density at radius 1 is 1.13 bits per heavy atom. The molecule has 0 spiro atoms. The van der Waals surface area contributed by atoms with E-state index in [-0.39, 0.29) is 29.4 Å². The standard InChI is InChI=1S/C15H15N5O3/c1-18-12-11(13(22)19(2)15(18)23)20(14(16)17-12)8-10(21)9-6-4-3-5-7-9/h3-7H,8H2,1-2H3,(H2,16,17). The maximum atomic E-state index is 12.4. The number of imidazole rings is 1. The molecule has 0 aliphatic carbocycles. The van der Waals surface area contributed by atoms with Crippen molar-refractivity contribution < 1.29 is 4.79 Å². The van der Waals surface area contributed by atoms with E-state index < -0.39 is 11.2 Å². The van der Waals surface area contributed by atoms with Crippen LogP contribution in [0.2, 0.25) is 0 Å². The first-order valence-electron chi connectivity index (χ1n) is 6.91. The number of carbonyl (C=O) groups is 1. The fourth-order valence-corrected chi connectivity index (χ4v) is 2.48. The van der Waals surface area contributed by atoms with Crippen LogP contribution in [-0.2, 0) is 20.6 Å². The summed E-state index contributed by atoms with van der Waals surface area (Å²) >= 11 is 0. The third kappa shape index (κ3) is 2.24. The molecule has 0 saturated carbocycles. The summed E-state index contributed by atoms with van der Waals surface area (Å²) in [5.41, 5.74) is 5.63. The Hall–Kier alpha value is -3.16. The number of hydrogen-bond acceptors (Lipinski definition) is 5. The zero-order valence-electron chi connectivity index (χ0n) is 12.7. The molecule has 0 amide bonds. The molecule has 8 nitrogen and oxygen atoms in total. The van der Waals surface area contributed by atoms with Gasteiger partial charge in [0.1, 0.15) is 0 Å². The van der Waals surface area contributed by atoms with E-state index in [1.54, 1.807) is 24.3 Å². The van der Waals surface area contributed by atoms with Crippen molar-refractivity contribution in [1.29, 1.82) is 0 Å². The highest BCUT2D eigenvalue weighted by Gasteiger charge is 2.19. The van der Waals surface area contributed by atoms with Crippen LogP contribution in [-0.4, -0.2) is 24.5 Å². The SMILES string of the molecule is Cn1c(=O)c2c(nc(N)n2CC(=O)c2ccccc2)n(C)c1=O. The van der Waals surface area contributed by atoms with Crippen molar-refractivity contribution >= 4 is 22.9 Å². The third-order valence-electron chi connectivity index (χ3n) is 3.77. The van der Waals surface area contributed by atoms with Crippen LogP contribution < -0.4 is 17.0 Å². The molecule has 0 radical (unpaired) electrons. The second kappa shape index (κ2) is 5.24. The largest absolute Gasteiger partial charge is 0.369 e. The number of anilines is 1. The summed E-state index contributed by atoms with van der Waals surface area (Å²) in [6, 6.07) is 8.69. The predicted octanol–water partition coefficient (Wildman–Crippen LogP) is -0.101. The van der Waals surface area contributed by atoms with Gasteiger partial charge in [-0.15, -0.1) is 0 Å². The van der Waals surface area contributed by atoms with Gasteiger partial charge in [-0.05, 0) is 0 Å². The molecule has 118 valence electrons. The number of aromatic nitrogens is 4. The minimum absolute atomic E-state index is 0.0163. The molecule has 3 aromatic rings. The minimum Gasteiger partial charge on any atom is -0.369 e. The molecule has 0 fully saturated rings. The summed E-state index contributed by atoms with van der Waals surface area (Å²) < 4.78 is 3.54. The van der Waals surface area contributed by atoms with Crippen molar-refractivity contribution in [3.05, 3.63) is 56.7 Å². The Kier molecular flexibility index (Phi) is 3.36. The van der Waals surface area contributed by atoms with E-state index in [2.05, 4.69) is 4.98 Å². The van der Waals surface area contributed by atoms with Crippen LogP contribution >= 0.6 is 0 Å². The van der Waals surface area contributed by atoms with Gasteiger partial charge in [-0.1, -0.05) is 30.3 Å². The quantitative estimate of drug-likeness (QED) is 0.680. The lowest BCUT2D eigenvalue weighted by atomic mass is 10.1.